The summed E-state index contributed by atoms with van der Waals surface area (Å²) in [7, 11) is 0. The Morgan fingerprint density at radius 2 is 1.82 bits per heavy atom. The molecule has 0 spiro atoms. The molecule has 0 radical (unpaired) electrons. The zero-order valence-corrected chi connectivity index (χ0v) is 12.0. The maximum absolute atomic E-state index is 12.2. The highest BCUT2D eigenvalue weighted by molar-refractivity contribution is 5.79. The van der Waals surface area contributed by atoms with Gasteiger partial charge in [-0.3, -0.25) is 4.79 Å². The van der Waals surface area contributed by atoms with E-state index < -0.39 is 0 Å². The standard InChI is InChI=1S/C15H29NO/c1-5-13(15(2,3)4)14(17)16-11-12-9-7-6-8-10-12/h12-13H,5-11H2,1-4H3,(H,16,17). The van der Waals surface area contributed by atoms with E-state index in [1.807, 2.05) is 0 Å². The smallest absolute Gasteiger partial charge is 0.223 e. The van der Waals surface area contributed by atoms with Crippen molar-refractivity contribution in [3.05, 3.63) is 0 Å². The molecule has 1 atom stereocenters. The summed E-state index contributed by atoms with van der Waals surface area (Å²) in [6, 6.07) is 0. The fraction of sp³-hybridized carbons (Fsp3) is 0.933. The van der Waals surface area contributed by atoms with Gasteiger partial charge in [-0.05, 0) is 30.6 Å². The zero-order valence-electron chi connectivity index (χ0n) is 12.0. The van der Waals surface area contributed by atoms with E-state index in [1.165, 1.54) is 32.1 Å². The van der Waals surface area contributed by atoms with Crippen LogP contribution >= 0.6 is 0 Å². The summed E-state index contributed by atoms with van der Waals surface area (Å²) in [6.07, 6.45) is 7.59. The molecule has 17 heavy (non-hydrogen) atoms. The van der Waals surface area contributed by atoms with Crippen LogP contribution in [-0.4, -0.2) is 12.5 Å². The Balaban J connectivity index is 2.36. The van der Waals surface area contributed by atoms with Crippen LogP contribution in [0.3, 0.4) is 0 Å². The lowest BCUT2D eigenvalue weighted by Gasteiger charge is -2.30. The number of nitrogens with one attached hydrogen (secondary N) is 1. The van der Waals surface area contributed by atoms with Crippen LogP contribution in [0.1, 0.15) is 66.2 Å². The summed E-state index contributed by atoms with van der Waals surface area (Å²) >= 11 is 0. The lowest BCUT2D eigenvalue weighted by molar-refractivity contribution is -0.128. The molecule has 0 bridgehead atoms. The van der Waals surface area contributed by atoms with Gasteiger partial charge < -0.3 is 5.32 Å². The van der Waals surface area contributed by atoms with Crippen molar-refractivity contribution in [2.24, 2.45) is 17.3 Å². The lowest BCUT2D eigenvalue weighted by atomic mass is 9.78. The van der Waals surface area contributed by atoms with Crippen LogP contribution in [0.5, 0.6) is 0 Å². The summed E-state index contributed by atoms with van der Waals surface area (Å²) in [5.74, 6) is 1.13. The van der Waals surface area contributed by atoms with Crippen molar-refractivity contribution in [2.45, 2.75) is 66.2 Å². The number of amides is 1. The molecular formula is C15H29NO. The molecule has 0 aromatic carbocycles. The van der Waals surface area contributed by atoms with E-state index in [9.17, 15) is 4.79 Å². The maximum Gasteiger partial charge on any atom is 0.223 e. The zero-order chi connectivity index (χ0) is 12.9. The number of carbonyl (C=O) groups excluding carboxylic acids is 1. The highest BCUT2D eigenvalue weighted by Gasteiger charge is 2.29. The lowest BCUT2D eigenvalue weighted by Crippen LogP contribution is -2.40. The maximum atomic E-state index is 12.2. The Morgan fingerprint density at radius 3 is 2.29 bits per heavy atom. The van der Waals surface area contributed by atoms with Gasteiger partial charge in [0, 0.05) is 12.5 Å². The van der Waals surface area contributed by atoms with E-state index in [1.54, 1.807) is 0 Å². The molecule has 0 aliphatic heterocycles. The second-order valence-corrected chi connectivity index (χ2v) is 6.58. The summed E-state index contributed by atoms with van der Waals surface area (Å²) in [5.41, 5.74) is 0.0748. The van der Waals surface area contributed by atoms with Crippen LogP contribution < -0.4 is 5.32 Å². The fourth-order valence-electron chi connectivity index (χ4n) is 2.95. The third-order valence-electron chi connectivity index (χ3n) is 4.06. The van der Waals surface area contributed by atoms with Gasteiger partial charge in [0.1, 0.15) is 0 Å². The van der Waals surface area contributed by atoms with Gasteiger partial charge in [-0.15, -0.1) is 0 Å². The van der Waals surface area contributed by atoms with Crippen LogP contribution in [0, 0.1) is 17.3 Å². The van der Waals surface area contributed by atoms with Crippen molar-refractivity contribution in [1.29, 1.82) is 0 Å². The number of rotatable bonds is 4. The van der Waals surface area contributed by atoms with Crippen LogP contribution in [0.2, 0.25) is 0 Å². The minimum Gasteiger partial charge on any atom is -0.356 e. The quantitative estimate of drug-likeness (QED) is 0.795. The minimum absolute atomic E-state index is 0.0748. The highest BCUT2D eigenvalue weighted by atomic mass is 16.1. The summed E-state index contributed by atoms with van der Waals surface area (Å²) in [6.45, 7) is 9.46. The van der Waals surface area contributed by atoms with Gasteiger partial charge in [0.05, 0.1) is 0 Å². The largest absolute Gasteiger partial charge is 0.356 e. The Kier molecular flexibility index (Phi) is 5.48. The Hall–Kier alpha value is -0.530. The molecule has 0 aromatic heterocycles. The molecule has 0 saturated heterocycles. The second kappa shape index (κ2) is 6.42. The van der Waals surface area contributed by atoms with Gasteiger partial charge in [-0.25, -0.2) is 0 Å². The van der Waals surface area contributed by atoms with E-state index in [2.05, 4.69) is 33.0 Å². The van der Waals surface area contributed by atoms with Gasteiger partial charge >= 0.3 is 0 Å². The molecule has 1 aliphatic carbocycles. The number of hydrogen-bond acceptors (Lipinski definition) is 1. The van der Waals surface area contributed by atoms with Crippen molar-refractivity contribution < 1.29 is 4.79 Å². The molecular weight excluding hydrogens is 210 g/mol. The monoisotopic (exact) mass is 239 g/mol. The van der Waals surface area contributed by atoms with Crippen molar-refractivity contribution in [2.75, 3.05) is 6.54 Å². The highest BCUT2D eigenvalue weighted by Crippen LogP contribution is 2.29. The van der Waals surface area contributed by atoms with E-state index in [0.717, 1.165) is 18.9 Å². The average Bonchev–Trinajstić information content (AvgIpc) is 2.27. The first kappa shape index (κ1) is 14.5. The Bertz CT molecular complexity index is 236. The topological polar surface area (TPSA) is 29.1 Å². The second-order valence-electron chi connectivity index (χ2n) is 6.58. The van der Waals surface area contributed by atoms with Gasteiger partial charge in [0.15, 0.2) is 0 Å². The molecule has 1 amide bonds. The SMILES string of the molecule is CCC(C(=O)NCC1CCCCC1)C(C)(C)C. The third kappa shape index (κ3) is 4.69. The average molecular weight is 239 g/mol. The first-order chi connectivity index (χ1) is 7.95. The van der Waals surface area contributed by atoms with Gasteiger partial charge in [-0.2, -0.15) is 0 Å². The Labute approximate surface area is 107 Å². The fourth-order valence-corrected chi connectivity index (χ4v) is 2.95. The number of carbonyl (C=O) groups is 1. The Morgan fingerprint density at radius 1 is 1.24 bits per heavy atom. The van der Waals surface area contributed by atoms with Crippen molar-refractivity contribution in [1.82, 2.24) is 5.32 Å². The summed E-state index contributed by atoms with van der Waals surface area (Å²) in [5, 5.41) is 3.17. The molecule has 1 aliphatic rings. The van der Waals surface area contributed by atoms with E-state index in [-0.39, 0.29) is 17.2 Å². The molecule has 0 aromatic rings. The van der Waals surface area contributed by atoms with Gasteiger partial charge in [0.2, 0.25) is 5.91 Å². The predicted molar refractivity (Wildman–Crippen MR) is 72.8 cm³/mol. The first-order valence-corrected chi connectivity index (χ1v) is 7.23. The third-order valence-corrected chi connectivity index (χ3v) is 4.06. The molecule has 1 rings (SSSR count). The molecule has 1 saturated carbocycles. The van der Waals surface area contributed by atoms with E-state index in [0.29, 0.717) is 0 Å². The molecule has 0 heterocycles. The molecule has 1 N–H and O–H groups in total. The van der Waals surface area contributed by atoms with Crippen LogP contribution in [0.4, 0.5) is 0 Å². The molecule has 100 valence electrons. The first-order valence-electron chi connectivity index (χ1n) is 7.23. The summed E-state index contributed by atoms with van der Waals surface area (Å²) < 4.78 is 0. The van der Waals surface area contributed by atoms with Crippen LogP contribution in [0.15, 0.2) is 0 Å². The normalized spacial score (nSPS) is 20.0. The predicted octanol–water partition coefficient (Wildman–Crippen LogP) is 3.76. The van der Waals surface area contributed by atoms with Crippen molar-refractivity contribution in [3.8, 4) is 0 Å². The van der Waals surface area contributed by atoms with E-state index in [4.69, 9.17) is 0 Å². The van der Waals surface area contributed by atoms with Crippen molar-refractivity contribution in [3.63, 3.8) is 0 Å². The van der Waals surface area contributed by atoms with Crippen molar-refractivity contribution >= 4 is 5.91 Å². The van der Waals surface area contributed by atoms with Crippen LogP contribution in [0.25, 0.3) is 0 Å². The molecule has 1 unspecified atom stereocenters. The molecule has 2 nitrogen and oxygen atoms in total. The molecule has 1 fully saturated rings. The molecule has 2 heteroatoms. The minimum atomic E-state index is 0.0748. The number of hydrogen-bond donors (Lipinski definition) is 1. The summed E-state index contributed by atoms with van der Waals surface area (Å²) in [4.78, 5) is 12.2. The van der Waals surface area contributed by atoms with Crippen LogP contribution in [-0.2, 0) is 4.79 Å². The van der Waals surface area contributed by atoms with E-state index >= 15 is 0 Å². The van der Waals surface area contributed by atoms with Gasteiger partial charge in [0.25, 0.3) is 0 Å². The van der Waals surface area contributed by atoms with Gasteiger partial charge in [-0.1, -0.05) is 47.0 Å².